The lowest BCUT2D eigenvalue weighted by Crippen LogP contribution is -2.23. The second-order valence-corrected chi connectivity index (χ2v) is 3.83. The van der Waals surface area contributed by atoms with Gasteiger partial charge in [-0.3, -0.25) is 0 Å². The van der Waals surface area contributed by atoms with Gasteiger partial charge >= 0.3 is 6.61 Å². The minimum absolute atomic E-state index is 0.161. The van der Waals surface area contributed by atoms with Crippen molar-refractivity contribution in [2.45, 2.75) is 26.0 Å². The summed E-state index contributed by atoms with van der Waals surface area (Å²) >= 11 is 0. The van der Waals surface area contributed by atoms with E-state index in [0.717, 1.165) is 6.42 Å². The fourth-order valence-electron chi connectivity index (χ4n) is 1.65. The predicted molar refractivity (Wildman–Crippen MR) is 66.0 cm³/mol. The van der Waals surface area contributed by atoms with Gasteiger partial charge in [0.05, 0.1) is 12.6 Å². The maximum absolute atomic E-state index is 12.3. The summed E-state index contributed by atoms with van der Waals surface area (Å²) in [4.78, 5) is 0. The van der Waals surface area contributed by atoms with E-state index >= 15 is 0 Å². The third kappa shape index (κ3) is 4.58. The van der Waals surface area contributed by atoms with E-state index in [1.54, 1.807) is 25.2 Å². The van der Waals surface area contributed by atoms with Gasteiger partial charge in [-0.25, -0.2) is 0 Å². The minimum Gasteiger partial charge on any atom is -0.434 e. The molecule has 0 heterocycles. The number of hydrogen-bond acceptors (Lipinski definition) is 3. The second kappa shape index (κ2) is 8.00. The SMILES string of the molecule is CCCOCC(NC)c1ccccc1OC(F)F. The Kier molecular flexibility index (Phi) is 6.60. The normalized spacial score (nSPS) is 12.7. The Morgan fingerprint density at radius 3 is 2.61 bits per heavy atom. The summed E-state index contributed by atoms with van der Waals surface area (Å²) in [5.74, 6) is 0.187. The Labute approximate surface area is 106 Å². The molecule has 0 aliphatic rings. The summed E-state index contributed by atoms with van der Waals surface area (Å²) in [6, 6.07) is 6.59. The summed E-state index contributed by atoms with van der Waals surface area (Å²) in [5, 5.41) is 3.04. The van der Waals surface area contributed by atoms with Gasteiger partial charge in [-0.2, -0.15) is 8.78 Å². The summed E-state index contributed by atoms with van der Waals surface area (Å²) in [7, 11) is 1.76. The summed E-state index contributed by atoms with van der Waals surface area (Å²) in [5.41, 5.74) is 0.677. The van der Waals surface area contributed by atoms with E-state index in [1.807, 2.05) is 6.92 Å². The summed E-state index contributed by atoms with van der Waals surface area (Å²) in [6.45, 7) is 0.270. The van der Waals surface area contributed by atoms with Crippen LogP contribution in [0.5, 0.6) is 5.75 Å². The molecule has 0 amide bonds. The zero-order valence-corrected chi connectivity index (χ0v) is 10.7. The molecule has 3 nitrogen and oxygen atoms in total. The van der Waals surface area contributed by atoms with Crippen molar-refractivity contribution in [1.82, 2.24) is 5.32 Å². The third-order valence-electron chi connectivity index (χ3n) is 2.49. The molecule has 0 radical (unpaired) electrons. The highest BCUT2D eigenvalue weighted by Gasteiger charge is 2.16. The summed E-state index contributed by atoms with van der Waals surface area (Å²) in [6.07, 6.45) is 0.922. The first kappa shape index (κ1) is 14.9. The van der Waals surface area contributed by atoms with Gasteiger partial charge in [-0.05, 0) is 19.5 Å². The number of nitrogens with one attached hydrogen (secondary N) is 1. The number of alkyl halides is 2. The van der Waals surface area contributed by atoms with Crippen molar-refractivity contribution in [1.29, 1.82) is 0 Å². The number of rotatable bonds is 8. The molecule has 1 N–H and O–H groups in total. The van der Waals surface area contributed by atoms with Crippen molar-refractivity contribution >= 4 is 0 Å². The van der Waals surface area contributed by atoms with Crippen LogP contribution >= 0.6 is 0 Å². The molecule has 0 aliphatic heterocycles. The summed E-state index contributed by atoms with van der Waals surface area (Å²) < 4.78 is 34.6. The van der Waals surface area contributed by atoms with Crippen LogP contribution < -0.4 is 10.1 Å². The van der Waals surface area contributed by atoms with Crippen LogP contribution in [0.15, 0.2) is 24.3 Å². The standard InChI is InChI=1S/C13H19F2NO2/c1-3-8-17-9-11(16-2)10-6-4-5-7-12(10)18-13(14)15/h4-7,11,13,16H,3,8-9H2,1-2H3. The van der Waals surface area contributed by atoms with E-state index in [9.17, 15) is 8.78 Å². The van der Waals surface area contributed by atoms with E-state index in [1.165, 1.54) is 6.07 Å². The van der Waals surface area contributed by atoms with Gasteiger partial charge in [0.15, 0.2) is 0 Å². The largest absolute Gasteiger partial charge is 0.434 e. The molecule has 0 aliphatic carbocycles. The number of halogens is 2. The fraction of sp³-hybridized carbons (Fsp3) is 0.538. The van der Waals surface area contributed by atoms with Crippen LogP contribution in [-0.2, 0) is 4.74 Å². The number of ether oxygens (including phenoxy) is 2. The zero-order valence-electron chi connectivity index (χ0n) is 10.7. The second-order valence-electron chi connectivity index (χ2n) is 3.83. The molecule has 0 fully saturated rings. The molecule has 1 rings (SSSR count). The van der Waals surface area contributed by atoms with Crippen molar-refractivity contribution in [3.8, 4) is 5.75 Å². The average Bonchev–Trinajstić information content (AvgIpc) is 2.35. The van der Waals surface area contributed by atoms with Crippen LogP contribution in [0.3, 0.4) is 0 Å². The van der Waals surface area contributed by atoms with E-state index in [2.05, 4.69) is 10.1 Å². The third-order valence-corrected chi connectivity index (χ3v) is 2.49. The topological polar surface area (TPSA) is 30.5 Å². The van der Waals surface area contributed by atoms with Crippen LogP contribution in [0.25, 0.3) is 0 Å². The molecule has 5 heteroatoms. The van der Waals surface area contributed by atoms with E-state index < -0.39 is 6.61 Å². The van der Waals surface area contributed by atoms with Gasteiger partial charge in [0.25, 0.3) is 0 Å². The Balaban J connectivity index is 2.77. The van der Waals surface area contributed by atoms with Crippen LogP contribution in [0.2, 0.25) is 0 Å². The minimum atomic E-state index is -2.82. The molecule has 0 saturated heterocycles. The fourth-order valence-corrected chi connectivity index (χ4v) is 1.65. The van der Waals surface area contributed by atoms with Gasteiger partial charge in [0, 0.05) is 12.2 Å². The number of benzene rings is 1. The van der Waals surface area contributed by atoms with Gasteiger partial charge in [-0.1, -0.05) is 25.1 Å². The van der Waals surface area contributed by atoms with Gasteiger partial charge < -0.3 is 14.8 Å². The van der Waals surface area contributed by atoms with Crippen LogP contribution in [0.1, 0.15) is 24.9 Å². The maximum Gasteiger partial charge on any atom is 0.387 e. The van der Waals surface area contributed by atoms with E-state index in [-0.39, 0.29) is 11.8 Å². The Morgan fingerprint density at radius 2 is 2.00 bits per heavy atom. The molecule has 1 atom stereocenters. The molecule has 18 heavy (non-hydrogen) atoms. The smallest absolute Gasteiger partial charge is 0.387 e. The number of likely N-dealkylation sites (N-methyl/N-ethyl adjacent to an activating group) is 1. The highest BCUT2D eigenvalue weighted by atomic mass is 19.3. The van der Waals surface area contributed by atoms with Crippen LogP contribution in [-0.4, -0.2) is 26.9 Å². The lowest BCUT2D eigenvalue weighted by molar-refractivity contribution is -0.0510. The first-order chi connectivity index (χ1) is 8.69. The molecule has 0 aromatic heterocycles. The number of hydrogen-bond donors (Lipinski definition) is 1. The Hall–Kier alpha value is -1.20. The highest BCUT2D eigenvalue weighted by Crippen LogP contribution is 2.26. The molecule has 1 aromatic carbocycles. The van der Waals surface area contributed by atoms with Crippen molar-refractivity contribution in [2.24, 2.45) is 0 Å². The van der Waals surface area contributed by atoms with Gasteiger partial charge in [-0.15, -0.1) is 0 Å². The van der Waals surface area contributed by atoms with Crippen molar-refractivity contribution in [2.75, 3.05) is 20.3 Å². The molecule has 102 valence electrons. The predicted octanol–water partition coefficient (Wildman–Crippen LogP) is 2.98. The Morgan fingerprint density at radius 1 is 1.28 bits per heavy atom. The highest BCUT2D eigenvalue weighted by molar-refractivity contribution is 5.36. The lowest BCUT2D eigenvalue weighted by atomic mass is 10.1. The monoisotopic (exact) mass is 259 g/mol. The maximum atomic E-state index is 12.3. The van der Waals surface area contributed by atoms with Crippen molar-refractivity contribution in [3.63, 3.8) is 0 Å². The van der Waals surface area contributed by atoms with E-state index in [4.69, 9.17) is 4.74 Å². The van der Waals surface area contributed by atoms with Crippen molar-refractivity contribution < 1.29 is 18.3 Å². The lowest BCUT2D eigenvalue weighted by Gasteiger charge is -2.19. The molecule has 1 aromatic rings. The van der Waals surface area contributed by atoms with E-state index in [0.29, 0.717) is 18.8 Å². The van der Waals surface area contributed by atoms with Crippen LogP contribution in [0, 0.1) is 0 Å². The molecule has 0 spiro atoms. The molecular weight excluding hydrogens is 240 g/mol. The molecule has 1 unspecified atom stereocenters. The molecule has 0 bridgehead atoms. The first-order valence-corrected chi connectivity index (χ1v) is 5.97. The van der Waals surface area contributed by atoms with Crippen LogP contribution in [0.4, 0.5) is 8.78 Å². The first-order valence-electron chi connectivity index (χ1n) is 5.97. The zero-order chi connectivity index (χ0) is 13.4. The Bertz CT molecular complexity index is 348. The van der Waals surface area contributed by atoms with Crippen molar-refractivity contribution in [3.05, 3.63) is 29.8 Å². The molecular formula is C13H19F2NO2. The number of para-hydroxylation sites is 1. The van der Waals surface area contributed by atoms with Gasteiger partial charge in [0.2, 0.25) is 0 Å². The quantitative estimate of drug-likeness (QED) is 0.728. The molecule has 0 saturated carbocycles. The van der Waals surface area contributed by atoms with Gasteiger partial charge in [0.1, 0.15) is 5.75 Å². The average molecular weight is 259 g/mol.